The van der Waals surface area contributed by atoms with Crippen molar-refractivity contribution in [3.63, 3.8) is 0 Å². The van der Waals surface area contributed by atoms with Crippen LogP contribution in [-0.2, 0) is 14.3 Å². The van der Waals surface area contributed by atoms with E-state index in [0.29, 0.717) is 10.8 Å². The summed E-state index contributed by atoms with van der Waals surface area (Å²) in [5.41, 5.74) is 4.43. The highest BCUT2D eigenvalue weighted by molar-refractivity contribution is 7.12. The molecule has 2 rings (SSSR count). The van der Waals surface area contributed by atoms with E-state index in [-0.39, 0.29) is 18.5 Å². The molecule has 0 aliphatic heterocycles. The van der Waals surface area contributed by atoms with Crippen LogP contribution in [0.2, 0.25) is 0 Å². The molecule has 2 N–H and O–H groups in total. The SMILES string of the molecule is C[C@@H]1C[C@@H]1C(=O)OCC(=O)NNC(=O)c1cccs1. The normalized spacial score (nSPS) is 20.5. The minimum Gasteiger partial charge on any atom is -0.455 e. The van der Waals surface area contributed by atoms with Crippen LogP contribution in [0.25, 0.3) is 0 Å². The third-order valence-electron chi connectivity index (χ3n) is 2.82. The minimum absolute atomic E-state index is 0.0755. The molecule has 6 nitrogen and oxygen atoms in total. The average molecular weight is 282 g/mol. The van der Waals surface area contributed by atoms with Crippen molar-refractivity contribution in [1.82, 2.24) is 10.9 Å². The van der Waals surface area contributed by atoms with Gasteiger partial charge in [-0.05, 0) is 23.8 Å². The summed E-state index contributed by atoms with van der Waals surface area (Å²) < 4.78 is 4.82. The van der Waals surface area contributed by atoms with Gasteiger partial charge in [0.15, 0.2) is 6.61 Å². The first kappa shape index (κ1) is 13.5. The molecule has 0 saturated heterocycles. The van der Waals surface area contributed by atoms with Crippen LogP contribution in [0.3, 0.4) is 0 Å². The fraction of sp³-hybridized carbons (Fsp3) is 0.417. The lowest BCUT2D eigenvalue weighted by Crippen LogP contribution is -2.43. The first-order chi connectivity index (χ1) is 9.08. The van der Waals surface area contributed by atoms with Crippen molar-refractivity contribution < 1.29 is 19.1 Å². The molecule has 1 aromatic heterocycles. The molecule has 0 spiro atoms. The summed E-state index contributed by atoms with van der Waals surface area (Å²) >= 11 is 1.26. The number of esters is 1. The summed E-state index contributed by atoms with van der Waals surface area (Å²) in [6.45, 7) is 1.57. The second kappa shape index (κ2) is 5.83. The summed E-state index contributed by atoms with van der Waals surface area (Å²) in [5, 5.41) is 1.76. The fourth-order valence-corrected chi connectivity index (χ4v) is 2.15. The number of amides is 2. The molecule has 0 unspecified atom stereocenters. The van der Waals surface area contributed by atoms with Gasteiger partial charge in [-0.2, -0.15) is 0 Å². The van der Waals surface area contributed by atoms with Crippen LogP contribution in [0.1, 0.15) is 23.0 Å². The molecule has 1 aliphatic carbocycles. The highest BCUT2D eigenvalue weighted by atomic mass is 32.1. The Bertz CT molecular complexity index is 486. The standard InChI is InChI=1S/C12H14N2O4S/c1-7-5-8(7)12(17)18-6-10(15)13-14-11(16)9-3-2-4-19-9/h2-4,7-8H,5-6H2,1H3,(H,13,15)(H,14,16)/t7-,8+/m1/s1. The number of carbonyl (C=O) groups is 3. The van der Waals surface area contributed by atoms with Gasteiger partial charge in [-0.1, -0.05) is 13.0 Å². The molecule has 0 aromatic carbocycles. The van der Waals surface area contributed by atoms with E-state index < -0.39 is 11.8 Å². The molecule has 0 radical (unpaired) electrons. The van der Waals surface area contributed by atoms with Crippen molar-refractivity contribution >= 4 is 29.1 Å². The van der Waals surface area contributed by atoms with E-state index in [1.165, 1.54) is 11.3 Å². The van der Waals surface area contributed by atoms with Crippen molar-refractivity contribution in [2.45, 2.75) is 13.3 Å². The summed E-state index contributed by atoms with van der Waals surface area (Å²) in [5.74, 6) is -1.05. The number of hydrazine groups is 1. The third kappa shape index (κ3) is 3.78. The number of thiophene rings is 1. The van der Waals surface area contributed by atoms with E-state index in [1.54, 1.807) is 17.5 Å². The molecular formula is C12H14N2O4S. The molecule has 19 heavy (non-hydrogen) atoms. The molecule has 102 valence electrons. The monoisotopic (exact) mass is 282 g/mol. The topological polar surface area (TPSA) is 84.5 Å². The molecule has 2 amide bonds. The summed E-state index contributed by atoms with van der Waals surface area (Å²) in [6, 6.07) is 3.38. The Balaban J connectivity index is 1.64. The summed E-state index contributed by atoms with van der Waals surface area (Å²) in [4.78, 5) is 34.7. The maximum atomic E-state index is 11.5. The van der Waals surface area contributed by atoms with Crippen molar-refractivity contribution in [2.75, 3.05) is 6.61 Å². The number of hydrogen-bond acceptors (Lipinski definition) is 5. The van der Waals surface area contributed by atoms with Crippen molar-refractivity contribution in [2.24, 2.45) is 11.8 Å². The van der Waals surface area contributed by atoms with Gasteiger partial charge in [-0.15, -0.1) is 11.3 Å². The zero-order valence-corrected chi connectivity index (χ0v) is 11.2. The molecule has 7 heteroatoms. The van der Waals surface area contributed by atoms with Gasteiger partial charge in [0, 0.05) is 0 Å². The Labute approximate surface area is 114 Å². The second-order valence-corrected chi connectivity index (χ2v) is 5.35. The molecule has 0 bridgehead atoms. The number of hydrogen-bond donors (Lipinski definition) is 2. The zero-order chi connectivity index (χ0) is 13.8. The maximum Gasteiger partial charge on any atom is 0.309 e. The average Bonchev–Trinajstić information content (AvgIpc) is 2.92. The maximum absolute atomic E-state index is 11.5. The fourth-order valence-electron chi connectivity index (χ4n) is 1.53. The highest BCUT2D eigenvalue weighted by Gasteiger charge is 2.40. The second-order valence-electron chi connectivity index (χ2n) is 4.41. The van der Waals surface area contributed by atoms with Crippen LogP contribution in [0.4, 0.5) is 0 Å². The van der Waals surface area contributed by atoms with Gasteiger partial charge in [-0.3, -0.25) is 25.2 Å². The quantitative estimate of drug-likeness (QED) is 0.629. The molecule has 1 fully saturated rings. The van der Waals surface area contributed by atoms with E-state index in [0.717, 1.165) is 6.42 Å². The molecular weight excluding hydrogens is 268 g/mol. The number of carbonyl (C=O) groups excluding carboxylic acids is 3. The molecule has 2 atom stereocenters. The number of rotatable bonds is 4. The lowest BCUT2D eigenvalue weighted by atomic mass is 10.3. The molecule has 1 saturated carbocycles. The lowest BCUT2D eigenvalue weighted by molar-refractivity contribution is -0.150. The largest absolute Gasteiger partial charge is 0.455 e. The van der Waals surface area contributed by atoms with Gasteiger partial charge in [0.1, 0.15) is 0 Å². The van der Waals surface area contributed by atoms with Gasteiger partial charge in [-0.25, -0.2) is 0 Å². The Hall–Kier alpha value is -1.89. The van der Waals surface area contributed by atoms with E-state index in [9.17, 15) is 14.4 Å². The highest BCUT2D eigenvalue weighted by Crippen LogP contribution is 2.38. The predicted molar refractivity (Wildman–Crippen MR) is 68.2 cm³/mol. The first-order valence-electron chi connectivity index (χ1n) is 5.87. The van der Waals surface area contributed by atoms with Crippen molar-refractivity contribution in [3.8, 4) is 0 Å². The Morgan fingerprint density at radius 3 is 2.74 bits per heavy atom. The minimum atomic E-state index is -0.563. The van der Waals surface area contributed by atoms with Crippen molar-refractivity contribution in [3.05, 3.63) is 22.4 Å². The van der Waals surface area contributed by atoms with Crippen LogP contribution in [0, 0.1) is 11.8 Å². The van der Waals surface area contributed by atoms with Gasteiger partial charge >= 0.3 is 5.97 Å². The zero-order valence-electron chi connectivity index (χ0n) is 10.3. The Morgan fingerprint density at radius 1 is 1.42 bits per heavy atom. The van der Waals surface area contributed by atoms with E-state index in [2.05, 4.69) is 10.9 Å². The van der Waals surface area contributed by atoms with Crippen LogP contribution in [0.5, 0.6) is 0 Å². The Kier molecular flexibility index (Phi) is 4.16. The van der Waals surface area contributed by atoms with Gasteiger partial charge in [0.25, 0.3) is 11.8 Å². The lowest BCUT2D eigenvalue weighted by Gasteiger charge is -2.07. The Morgan fingerprint density at radius 2 is 2.16 bits per heavy atom. The van der Waals surface area contributed by atoms with E-state index in [1.807, 2.05) is 6.92 Å². The van der Waals surface area contributed by atoms with E-state index >= 15 is 0 Å². The number of nitrogens with one attached hydrogen (secondary N) is 2. The third-order valence-corrected chi connectivity index (χ3v) is 3.69. The van der Waals surface area contributed by atoms with Crippen molar-refractivity contribution in [1.29, 1.82) is 0 Å². The van der Waals surface area contributed by atoms with Gasteiger partial charge < -0.3 is 4.74 Å². The molecule has 1 aliphatic rings. The first-order valence-corrected chi connectivity index (χ1v) is 6.75. The van der Waals surface area contributed by atoms with Gasteiger partial charge in [0.2, 0.25) is 0 Å². The van der Waals surface area contributed by atoms with Crippen LogP contribution < -0.4 is 10.9 Å². The van der Waals surface area contributed by atoms with Crippen LogP contribution in [0.15, 0.2) is 17.5 Å². The molecule has 1 heterocycles. The van der Waals surface area contributed by atoms with Crippen LogP contribution in [-0.4, -0.2) is 24.4 Å². The molecule has 1 aromatic rings. The van der Waals surface area contributed by atoms with E-state index in [4.69, 9.17) is 4.74 Å². The van der Waals surface area contributed by atoms with Gasteiger partial charge in [0.05, 0.1) is 10.8 Å². The predicted octanol–water partition coefficient (Wildman–Crippen LogP) is 0.708. The summed E-state index contributed by atoms with van der Waals surface area (Å²) in [6.07, 6.45) is 0.815. The van der Waals surface area contributed by atoms with Crippen LogP contribution >= 0.6 is 11.3 Å². The number of ether oxygens (including phenoxy) is 1. The smallest absolute Gasteiger partial charge is 0.309 e. The summed E-state index contributed by atoms with van der Waals surface area (Å²) in [7, 11) is 0.